The highest BCUT2D eigenvalue weighted by Crippen LogP contribution is 2.29. The third-order valence-electron chi connectivity index (χ3n) is 4.50. The summed E-state index contributed by atoms with van der Waals surface area (Å²) in [4.78, 5) is 19.9. The lowest BCUT2D eigenvalue weighted by atomic mass is 10.2. The number of alkyl halides is 3. The van der Waals surface area contributed by atoms with Crippen LogP contribution in [0.1, 0.15) is 16.4 Å². The Labute approximate surface area is 196 Å². The fourth-order valence-corrected chi connectivity index (χ4v) is 2.83. The van der Waals surface area contributed by atoms with Gasteiger partial charge < -0.3 is 25.0 Å². The van der Waals surface area contributed by atoms with E-state index in [0.717, 1.165) is 0 Å². The minimum absolute atomic E-state index is 0.146. The average molecular weight is 485 g/mol. The Balaban J connectivity index is 1.25. The number of nitrogens with one attached hydrogen (secondary N) is 1. The molecule has 2 aromatic carbocycles. The van der Waals surface area contributed by atoms with Crippen molar-refractivity contribution in [3.8, 4) is 28.8 Å². The summed E-state index contributed by atoms with van der Waals surface area (Å²) in [5.74, 6) is -0.790. The molecule has 180 valence electrons. The molecule has 12 heteroatoms. The molecule has 0 aliphatic rings. The van der Waals surface area contributed by atoms with Gasteiger partial charge in [-0.25, -0.2) is 4.98 Å². The van der Waals surface area contributed by atoms with Crippen LogP contribution < -0.4 is 20.5 Å². The molecule has 1 amide bonds. The summed E-state index contributed by atoms with van der Waals surface area (Å²) in [7, 11) is 0. The van der Waals surface area contributed by atoms with Gasteiger partial charge in [-0.15, -0.1) is 0 Å². The summed E-state index contributed by atoms with van der Waals surface area (Å²) < 4.78 is 53.1. The first-order valence-electron chi connectivity index (χ1n) is 10.2. The molecular weight excluding hydrogens is 467 g/mol. The molecule has 4 aromatic rings. The molecule has 0 saturated carbocycles. The van der Waals surface area contributed by atoms with Gasteiger partial charge >= 0.3 is 12.1 Å². The third-order valence-corrected chi connectivity index (χ3v) is 4.50. The summed E-state index contributed by atoms with van der Waals surface area (Å²) in [5, 5.41) is 6.01. The molecule has 35 heavy (non-hydrogen) atoms. The highest BCUT2D eigenvalue weighted by Gasteiger charge is 2.38. The van der Waals surface area contributed by atoms with E-state index in [1.807, 2.05) is 0 Å². The van der Waals surface area contributed by atoms with E-state index in [1.165, 1.54) is 12.1 Å². The van der Waals surface area contributed by atoms with Crippen LogP contribution in [-0.4, -0.2) is 34.2 Å². The minimum Gasteiger partial charge on any atom is -0.492 e. The number of hydrogen-bond donors (Lipinski definition) is 2. The normalized spacial score (nSPS) is 11.2. The topological polar surface area (TPSA) is 125 Å². The van der Waals surface area contributed by atoms with Crippen molar-refractivity contribution < 1.29 is 32.0 Å². The van der Waals surface area contributed by atoms with Gasteiger partial charge in [-0.1, -0.05) is 11.2 Å². The van der Waals surface area contributed by atoms with Crippen molar-refractivity contribution >= 4 is 11.6 Å². The van der Waals surface area contributed by atoms with Crippen molar-refractivity contribution in [2.24, 2.45) is 0 Å². The molecule has 2 aromatic heterocycles. The Morgan fingerprint density at radius 1 is 0.971 bits per heavy atom. The number of carbonyl (C=O) groups is 1. The molecule has 0 aliphatic carbocycles. The van der Waals surface area contributed by atoms with Crippen LogP contribution in [0, 0.1) is 0 Å². The van der Waals surface area contributed by atoms with Gasteiger partial charge in [-0.2, -0.15) is 18.2 Å². The number of pyridine rings is 1. The first kappa shape index (κ1) is 23.5. The molecule has 0 unspecified atom stereocenters. The molecular formula is C23H18F3N5O4. The van der Waals surface area contributed by atoms with Gasteiger partial charge in [0.15, 0.2) is 0 Å². The maximum atomic E-state index is 12.6. The molecule has 3 N–H and O–H groups in total. The molecule has 4 rings (SSSR count). The maximum absolute atomic E-state index is 12.6. The predicted octanol–water partition coefficient (Wildman–Crippen LogP) is 4.33. The molecule has 9 nitrogen and oxygen atoms in total. The van der Waals surface area contributed by atoms with E-state index in [2.05, 4.69) is 25.0 Å². The number of carbonyl (C=O) groups excluding carboxylic acids is 1. The monoisotopic (exact) mass is 485 g/mol. The van der Waals surface area contributed by atoms with Crippen molar-refractivity contribution in [1.82, 2.24) is 20.4 Å². The number of benzene rings is 2. The van der Waals surface area contributed by atoms with E-state index in [0.29, 0.717) is 22.7 Å². The third kappa shape index (κ3) is 6.25. The highest BCUT2D eigenvalue weighted by atomic mass is 19.4. The lowest BCUT2D eigenvalue weighted by Gasteiger charge is -2.09. The molecule has 0 saturated heterocycles. The maximum Gasteiger partial charge on any atom is 0.471 e. The van der Waals surface area contributed by atoms with Crippen LogP contribution in [0.3, 0.4) is 0 Å². The summed E-state index contributed by atoms with van der Waals surface area (Å²) in [6, 6.07) is 17.7. The van der Waals surface area contributed by atoms with E-state index in [9.17, 15) is 18.0 Å². The molecule has 0 radical (unpaired) electrons. The lowest BCUT2D eigenvalue weighted by Crippen LogP contribution is -2.28. The largest absolute Gasteiger partial charge is 0.492 e. The van der Waals surface area contributed by atoms with Crippen molar-refractivity contribution in [3.63, 3.8) is 0 Å². The first-order chi connectivity index (χ1) is 16.8. The average Bonchev–Trinajstić information content (AvgIpc) is 3.35. The molecule has 0 aliphatic heterocycles. The summed E-state index contributed by atoms with van der Waals surface area (Å²) in [6.45, 7) is 0.332. The molecule has 0 spiro atoms. The fourth-order valence-electron chi connectivity index (χ4n) is 2.83. The zero-order valence-electron chi connectivity index (χ0n) is 18.0. The van der Waals surface area contributed by atoms with E-state index in [4.69, 9.17) is 15.2 Å². The summed E-state index contributed by atoms with van der Waals surface area (Å²) >= 11 is 0. The van der Waals surface area contributed by atoms with Gasteiger partial charge in [-0.05, 0) is 54.6 Å². The second-order valence-corrected chi connectivity index (χ2v) is 7.08. The first-order valence-corrected chi connectivity index (χ1v) is 10.2. The zero-order chi connectivity index (χ0) is 24.8. The Kier molecular flexibility index (Phi) is 6.81. The number of amides is 1. The standard InChI is InChI=1S/C23H18F3N5O4/c24-23(25,26)22-30-20(31-35-22)14-4-8-16(9-5-14)33-13-12-28-21(32)18-2-1-3-19(29-18)34-17-10-6-15(27)7-11-17/h1-11H,12-13,27H2,(H,28,32). The number of nitrogens with two attached hydrogens (primary N) is 1. The van der Waals surface area contributed by atoms with Gasteiger partial charge in [0.25, 0.3) is 5.91 Å². The number of hydrogen-bond acceptors (Lipinski definition) is 8. The van der Waals surface area contributed by atoms with Gasteiger partial charge in [0.1, 0.15) is 23.8 Å². The van der Waals surface area contributed by atoms with Crippen LogP contribution in [0.5, 0.6) is 17.4 Å². The van der Waals surface area contributed by atoms with E-state index < -0.39 is 18.0 Å². The van der Waals surface area contributed by atoms with Gasteiger partial charge in [0.05, 0.1) is 6.54 Å². The van der Waals surface area contributed by atoms with Crippen LogP contribution in [0.4, 0.5) is 18.9 Å². The fraction of sp³-hybridized carbons (Fsp3) is 0.130. The van der Waals surface area contributed by atoms with Gasteiger partial charge in [0, 0.05) is 17.3 Å². The van der Waals surface area contributed by atoms with Crippen LogP contribution in [0.2, 0.25) is 0 Å². The number of ether oxygens (including phenoxy) is 2. The number of halogens is 3. The van der Waals surface area contributed by atoms with Crippen molar-refractivity contribution in [1.29, 1.82) is 0 Å². The smallest absolute Gasteiger partial charge is 0.471 e. The second-order valence-electron chi connectivity index (χ2n) is 7.08. The van der Waals surface area contributed by atoms with Crippen LogP contribution >= 0.6 is 0 Å². The highest BCUT2D eigenvalue weighted by molar-refractivity contribution is 5.92. The van der Waals surface area contributed by atoms with Crippen molar-refractivity contribution in [2.75, 3.05) is 18.9 Å². The predicted molar refractivity (Wildman–Crippen MR) is 118 cm³/mol. The molecule has 0 atom stereocenters. The quantitative estimate of drug-likeness (QED) is 0.279. The van der Waals surface area contributed by atoms with E-state index >= 15 is 0 Å². The van der Waals surface area contributed by atoms with Crippen molar-refractivity contribution in [3.05, 3.63) is 78.3 Å². The lowest BCUT2D eigenvalue weighted by molar-refractivity contribution is -0.159. The molecule has 0 fully saturated rings. The Bertz CT molecular complexity index is 1290. The van der Waals surface area contributed by atoms with Gasteiger partial charge in [0.2, 0.25) is 11.7 Å². The van der Waals surface area contributed by atoms with Crippen LogP contribution in [0.25, 0.3) is 11.4 Å². The SMILES string of the molecule is Nc1ccc(Oc2cccc(C(=O)NCCOc3ccc(-c4noc(C(F)(F)F)n4)cc3)n2)cc1. The van der Waals surface area contributed by atoms with Gasteiger partial charge in [-0.3, -0.25) is 4.79 Å². The Morgan fingerprint density at radius 2 is 1.69 bits per heavy atom. The van der Waals surface area contributed by atoms with Crippen LogP contribution in [0.15, 0.2) is 71.3 Å². The summed E-state index contributed by atoms with van der Waals surface area (Å²) in [5.41, 5.74) is 6.74. The van der Waals surface area contributed by atoms with E-state index in [1.54, 1.807) is 54.6 Å². The Hall–Kier alpha value is -4.61. The molecule has 2 heterocycles. The second kappa shape index (κ2) is 10.1. The van der Waals surface area contributed by atoms with Crippen molar-refractivity contribution in [2.45, 2.75) is 6.18 Å². The number of rotatable bonds is 8. The molecule has 0 bridgehead atoms. The zero-order valence-corrected chi connectivity index (χ0v) is 18.0. The Morgan fingerprint density at radius 3 is 2.37 bits per heavy atom. The number of anilines is 1. The van der Waals surface area contributed by atoms with Crippen LogP contribution in [-0.2, 0) is 6.18 Å². The minimum atomic E-state index is -4.71. The number of nitrogen functional groups attached to an aromatic ring is 1. The van der Waals surface area contributed by atoms with E-state index in [-0.39, 0.29) is 30.5 Å². The number of aromatic nitrogens is 3. The summed E-state index contributed by atoms with van der Waals surface area (Å²) in [6.07, 6.45) is -4.71. The number of nitrogens with zero attached hydrogens (tertiary/aromatic N) is 3.